The fraction of sp³-hybridized carbons (Fsp3) is 0.353. The van der Waals surface area contributed by atoms with E-state index in [0.717, 1.165) is 0 Å². The van der Waals surface area contributed by atoms with E-state index in [1.54, 1.807) is 32.0 Å². The summed E-state index contributed by atoms with van der Waals surface area (Å²) in [7, 11) is 0. The number of rotatable bonds is 2. The number of ketones is 2. The van der Waals surface area contributed by atoms with E-state index < -0.39 is 11.7 Å². The Morgan fingerprint density at radius 3 is 2.73 bits per heavy atom. The van der Waals surface area contributed by atoms with Crippen molar-refractivity contribution in [1.82, 2.24) is 0 Å². The second-order valence-electron chi connectivity index (χ2n) is 5.92. The number of carbonyl (C=O) groups excluding carboxylic acids is 2. The number of hydrogen-bond acceptors (Lipinski definition) is 5. The van der Waals surface area contributed by atoms with Gasteiger partial charge in [0.15, 0.2) is 17.5 Å². The molecule has 1 aliphatic carbocycles. The summed E-state index contributed by atoms with van der Waals surface area (Å²) in [6.45, 7) is 3.36. The maximum Gasteiger partial charge on any atom is 0.220 e. The second kappa shape index (κ2) is 4.99. The lowest BCUT2D eigenvalue weighted by Crippen LogP contribution is -2.45. The third kappa shape index (κ3) is 2.37. The van der Waals surface area contributed by atoms with E-state index in [1.807, 2.05) is 6.07 Å². The Hall–Kier alpha value is -2.61. The SMILES string of the molecule is CC1(C)Oc2ccc(C#N)cc2C(OC2=CC(=O)CC2)C1=O. The molecule has 0 aromatic heterocycles. The van der Waals surface area contributed by atoms with Crippen molar-refractivity contribution in [3.8, 4) is 11.8 Å². The van der Waals surface area contributed by atoms with Crippen LogP contribution in [0.2, 0.25) is 0 Å². The summed E-state index contributed by atoms with van der Waals surface area (Å²) in [5.74, 6) is 0.808. The molecule has 0 amide bonds. The summed E-state index contributed by atoms with van der Waals surface area (Å²) < 4.78 is 11.5. The van der Waals surface area contributed by atoms with E-state index in [1.165, 1.54) is 6.08 Å². The summed E-state index contributed by atoms with van der Waals surface area (Å²) in [6, 6.07) is 6.96. The molecular formula is C17H15NO4. The molecule has 1 unspecified atom stereocenters. The fourth-order valence-electron chi connectivity index (χ4n) is 2.63. The van der Waals surface area contributed by atoms with Gasteiger partial charge in [-0.05, 0) is 32.0 Å². The molecule has 112 valence electrons. The number of ether oxygens (including phenoxy) is 2. The van der Waals surface area contributed by atoms with Crippen LogP contribution in [0.1, 0.15) is 43.9 Å². The van der Waals surface area contributed by atoms with Crippen LogP contribution >= 0.6 is 0 Å². The van der Waals surface area contributed by atoms with E-state index in [4.69, 9.17) is 14.7 Å². The molecule has 0 spiro atoms. The van der Waals surface area contributed by atoms with Gasteiger partial charge >= 0.3 is 0 Å². The molecule has 3 rings (SSSR count). The highest BCUT2D eigenvalue weighted by atomic mass is 16.5. The van der Waals surface area contributed by atoms with E-state index in [9.17, 15) is 9.59 Å². The second-order valence-corrected chi connectivity index (χ2v) is 5.92. The van der Waals surface area contributed by atoms with Crippen LogP contribution in [0.3, 0.4) is 0 Å². The molecule has 1 aromatic rings. The smallest absolute Gasteiger partial charge is 0.220 e. The van der Waals surface area contributed by atoms with Crippen LogP contribution in [0, 0.1) is 11.3 Å². The highest BCUT2D eigenvalue weighted by molar-refractivity contribution is 5.95. The predicted octanol–water partition coefficient (Wildman–Crippen LogP) is 2.60. The number of nitrogens with zero attached hydrogens (tertiary/aromatic N) is 1. The van der Waals surface area contributed by atoms with E-state index in [-0.39, 0.29) is 11.6 Å². The fourth-order valence-corrected chi connectivity index (χ4v) is 2.63. The monoisotopic (exact) mass is 297 g/mol. The van der Waals surface area contributed by atoms with Gasteiger partial charge in [-0.25, -0.2) is 0 Å². The molecule has 1 aliphatic heterocycles. The highest BCUT2D eigenvalue weighted by Gasteiger charge is 2.44. The van der Waals surface area contributed by atoms with Crippen molar-refractivity contribution in [2.24, 2.45) is 0 Å². The largest absolute Gasteiger partial charge is 0.482 e. The first-order valence-electron chi connectivity index (χ1n) is 7.08. The Morgan fingerprint density at radius 1 is 1.32 bits per heavy atom. The van der Waals surface area contributed by atoms with Gasteiger partial charge in [0.2, 0.25) is 5.78 Å². The number of allylic oxidation sites excluding steroid dienone is 2. The molecule has 0 saturated carbocycles. The number of benzene rings is 1. The lowest BCUT2D eigenvalue weighted by molar-refractivity contribution is -0.145. The zero-order chi connectivity index (χ0) is 15.9. The van der Waals surface area contributed by atoms with E-state index >= 15 is 0 Å². The normalized spacial score (nSPS) is 22.4. The van der Waals surface area contributed by atoms with Crippen LogP contribution < -0.4 is 4.74 Å². The molecule has 0 radical (unpaired) electrons. The molecule has 22 heavy (non-hydrogen) atoms. The Labute approximate surface area is 128 Å². The average molecular weight is 297 g/mol. The molecule has 2 aliphatic rings. The maximum atomic E-state index is 12.6. The van der Waals surface area contributed by atoms with E-state index in [2.05, 4.69) is 0 Å². The van der Waals surface area contributed by atoms with Crippen molar-refractivity contribution in [2.45, 2.75) is 38.4 Å². The first-order chi connectivity index (χ1) is 10.4. The number of carbonyl (C=O) groups is 2. The summed E-state index contributed by atoms with van der Waals surface area (Å²) in [6.07, 6.45) is 1.48. The first-order valence-corrected chi connectivity index (χ1v) is 7.08. The lowest BCUT2D eigenvalue weighted by Gasteiger charge is -2.36. The van der Waals surface area contributed by atoms with Crippen LogP contribution in [-0.2, 0) is 14.3 Å². The van der Waals surface area contributed by atoms with Crippen LogP contribution in [-0.4, -0.2) is 17.2 Å². The summed E-state index contributed by atoms with van der Waals surface area (Å²) in [5.41, 5.74) is -0.0572. The van der Waals surface area contributed by atoms with E-state index in [0.29, 0.717) is 35.5 Å². The third-order valence-corrected chi connectivity index (χ3v) is 3.83. The Bertz CT molecular complexity index is 740. The standard InChI is InChI=1S/C17H15NO4/c1-17(2)16(20)15(21-12-5-4-11(19)8-12)13-7-10(9-18)3-6-14(13)22-17/h3,6-8,15H,4-5H2,1-2H3. The minimum Gasteiger partial charge on any atom is -0.482 e. The molecular weight excluding hydrogens is 282 g/mol. The molecule has 0 N–H and O–H groups in total. The number of hydrogen-bond donors (Lipinski definition) is 0. The number of fused-ring (bicyclic) bond motifs is 1. The summed E-state index contributed by atoms with van der Waals surface area (Å²) in [5, 5.41) is 9.04. The van der Waals surface area contributed by atoms with Crippen molar-refractivity contribution in [1.29, 1.82) is 5.26 Å². The van der Waals surface area contributed by atoms with Crippen LogP contribution in [0.5, 0.6) is 5.75 Å². The maximum absolute atomic E-state index is 12.6. The Morgan fingerprint density at radius 2 is 2.09 bits per heavy atom. The van der Waals surface area contributed by atoms with Crippen molar-refractivity contribution in [2.75, 3.05) is 0 Å². The Balaban J connectivity index is 2.03. The van der Waals surface area contributed by atoms with Gasteiger partial charge in [0.1, 0.15) is 11.5 Å². The van der Waals surface area contributed by atoms with Gasteiger partial charge in [-0.1, -0.05) is 0 Å². The minimum absolute atomic E-state index is 0.000215. The number of Topliss-reactive ketones (excluding diaryl/α,β-unsaturated/α-hetero) is 1. The van der Waals surface area contributed by atoms with Gasteiger partial charge in [-0.15, -0.1) is 0 Å². The van der Waals surface area contributed by atoms with Crippen LogP contribution in [0.4, 0.5) is 0 Å². The van der Waals surface area contributed by atoms with Crippen molar-refractivity contribution in [3.63, 3.8) is 0 Å². The summed E-state index contributed by atoms with van der Waals surface area (Å²) >= 11 is 0. The highest BCUT2D eigenvalue weighted by Crippen LogP contribution is 2.41. The Kier molecular flexibility index (Phi) is 3.25. The predicted molar refractivity (Wildman–Crippen MR) is 77.0 cm³/mol. The minimum atomic E-state index is -1.02. The molecule has 1 heterocycles. The molecule has 0 bridgehead atoms. The molecule has 5 nitrogen and oxygen atoms in total. The van der Waals surface area contributed by atoms with Crippen LogP contribution in [0.15, 0.2) is 30.0 Å². The van der Waals surface area contributed by atoms with Gasteiger partial charge in [0.25, 0.3) is 0 Å². The zero-order valence-electron chi connectivity index (χ0n) is 12.4. The quantitative estimate of drug-likeness (QED) is 0.838. The average Bonchev–Trinajstić information content (AvgIpc) is 2.88. The molecule has 1 atom stereocenters. The van der Waals surface area contributed by atoms with Gasteiger partial charge in [-0.2, -0.15) is 5.26 Å². The molecule has 1 aromatic carbocycles. The molecule has 0 fully saturated rings. The van der Waals surface area contributed by atoms with Crippen molar-refractivity contribution >= 4 is 11.6 Å². The van der Waals surface area contributed by atoms with Crippen LogP contribution in [0.25, 0.3) is 0 Å². The molecule has 0 saturated heterocycles. The lowest BCUT2D eigenvalue weighted by atomic mass is 9.89. The van der Waals surface area contributed by atoms with Crippen molar-refractivity contribution < 1.29 is 19.1 Å². The zero-order valence-corrected chi connectivity index (χ0v) is 12.4. The van der Waals surface area contributed by atoms with Gasteiger partial charge in [0, 0.05) is 24.5 Å². The molecule has 5 heteroatoms. The van der Waals surface area contributed by atoms with Gasteiger partial charge in [0.05, 0.1) is 11.6 Å². The van der Waals surface area contributed by atoms with Gasteiger partial charge in [-0.3, -0.25) is 9.59 Å². The number of nitriles is 1. The van der Waals surface area contributed by atoms with Gasteiger partial charge < -0.3 is 9.47 Å². The first kappa shape index (κ1) is 14.3. The summed E-state index contributed by atoms with van der Waals surface area (Å²) in [4.78, 5) is 24.0. The topological polar surface area (TPSA) is 76.4 Å². The third-order valence-electron chi connectivity index (χ3n) is 3.83. The van der Waals surface area contributed by atoms with Crippen molar-refractivity contribution in [3.05, 3.63) is 41.2 Å².